The van der Waals surface area contributed by atoms with E-state index in [2.05, 4.69) is 0 Å². The van der Waals surface area contributed by atoms with Gasteiger partial charge in [0.2, 0.25) is 0 Å². The lowest BCUT2D eigenvalue weighted by molar-refractivity contribution is -0.209. The third-order valence-electron chi connectivity index (χ3n) is 4.50. The smallest absolute Gasteiger partial charge is 0.251 e. The second-order valence-electron chi connectivity index (χ2n) is 6.00. The maximum absolute atomic E-state index is 12.3. The molecule has 116 valence electrons. The molecule has 1 N–H and O–H groups in total. The predicted octanol–water partition coefficient (Wildman–Crippen LogP) is 0.0414. The summed E-state index contributed by atoms with van der Waals surface area (Å²) in [5.41, 5.74) is -1.23. The summed E-state index contributed by atoms with van der Waals surface area (Å²) in [5.74, 6) is -0.304. The van der Waals surface area contributed by atoms with Crippen LogP contribution >= 0.6 is 0 Å². The lowest BCUT2D eigenvalue weighted by atomic mass is 9.81. The Kier molecular flexibility index (Phi) is 3.86. The van der Waals surface area contributed by atoms with Crippen LogP contribution in [-0.2, 0) is 19.1 Å². The summed E-state index contributed by atoms with van der Waals surface area (Å²) in [4.78, 5) is 25.9. The average Bonchev–Trinajstić information content (AvgIpc) is 2.98. The quantitative estimate of drug-likeness (QED) is 0.795. The minimum atomic E-state index is -1.23. The van der Waals surface area contributed by atoms with E-state index in [1.807, 2.05) is 0 Å². The highest BCUT2D eigenvalue weighted by Gasteiger charge is 2.51. The number of amides is 1. The van der Waals surface area contributed by atoms with Crippen molar-refractivity contribution in [2.45, 2.75) is 50.1 Å². The van der Waals surface area contributed by atoms with Gasteiger partial charge in [0.1, 0.15) is 23.9 Å². The minimum absolute atomic E-state index is 0.0869. The fraction of sp³-hybridized carbons (Fsp3) is 0.733. The Hall–Kier alpha value is -1.24. The summed E-state index contributed by atoms with van der Waals surface area (Å²) in [7, 11) is 0. The number of nitrogens with zero attached hydrogens (tertiary/aromatic N) is 1. The van der Waals surface area contributed by atoms with Gasteiger partial charge >= 0.3 is 0 Å². The lowest BCUT2D eigenvalue weighted by Gasteiger charge is -2.44. The van der Waals surface area contributed by atoms with Crippen molar-refractivity contribution in [3.63, 3.8) is 0 Å². The van der Waals surface area contributed by atoms with E-state index in [-0.39, 0.29) is 11.7 Å². The first kappa shape index (κ1) is 14.7. The summed E-state index contributed by atoms with van der Waals surface area (Å²) in [6, 6.07) is 0. The van der Waals surface area contributed by atoms with Crippen molar-refractivity contribution in [3.8, 4) is 0 Å². The molecule has 4 atom stereocenters. The molecule has 1 amide bonds. The van der Waals surface area contributed by atoms with Gasteiger partial charge in [-0.3, -0.25) is 9.59 Å². The van der Waals surface area contributed by atoms with Crippen LogP contribution in [0.2, 0.25) is 0 Å². The number of ether oxygens (including phenoxy) is 2. The van der Waals surface area contributed by atoms with Crippen LogP contribution in [0, 0.1) is 0 Å². The van der Waals surface area contributed by atoms with Crippen LogP contribution < -0.4 is 0 Å². The van der Waals surface area contributed by atoms with Crippen molar-refractivity contribution in [2.24, 2.45) is 0 Å². The molecular weight excluding hydrogens is 274 g/mol. The summed E-state index contributed by atoms with van der Waals surface area (Å²) >= 11 is 0. The highest BCUT2D eigenvalue weighted by atomic mass is 16.6. The maximum Gasteiger partial charge on any atom is 0.251 e. The molecule has 2 saturated heterocycles. The Morgan fingerprint density at radius 3 is 2.95 bits per heavy atom. The van der Waals surface area contributed by atoms with Gasteiger partial charge in [-0.1, -0.05) is 0 Å². The third-order valence-corrected chi connectivity index (χ3v) is 4.50. The third kappa shape index (κ3) is 2.63. The molecule has 2 fully saturated rings. The van der Waals surface area contributed by atoms with Gasteiger partial charge in [0.15, 0.2) is 5.78 Å². The molecule has 0 aromatic carbocycles. The second-order valence-corrected chi connectivity index (χ2v) is 6.00. The number of carbonyl (C=O) groups excluding carboxylic acids is 2. The van der Waals surface area contributed by atoms with Crippen LogP contribution in [0.4, 0.5) is 0 Å². The van der Waals surface area contributed by atoms with E-state index in [0.717, 1.165) is 25.9 Å². The molecular formula is C15H21NO5. The van der Waals surface area contributed by atoms with Gasteiger partial charge < -0.3 is 19.5 Å². The first-order valence-electron chi connectivity index (χ1n) is 7.52. The minimum Gasteiger partial charge on any atom is -0.383 e. The number of likely N-dealkylation sites (tertiary alicyclic amines) is 1. The molecule has 2 bridgehead atoms. The molecule has 6 heteroatoms. The average molecular weight is 295 g/mol. The molecule has 3 rings (SSSR count). The van der Waals surface area contributed by atoms with E-state index in [1.54, 1.807) is 11.8 Å². The van der Waals surface area contributed by atoms with Crippen molar-refractivity contribution >= 4 is 11.7 Å². The molecule has 3 aliphatic rings. The summed E-state index contributed by atoms with van der Waals surface area (Å²) in [6.07, 6.45) is 2.89. The fourth-order valence-electron chi connectivity index (χ4n) is 3.23. The number of hydrogen-bond acceptors (Lipinski definition) is 5. The van der Waals surface area contributed by atoms with Gasteiger partial charge in [0.25, 0.3) is 5.91 Å². The monoisotopic (exact) mass is 295 g/mol. The van der Waals surface area contributed by atoms with Gasteiger partial charge in [0.05, 0.1) is 6.61 Å². The predicted molar refractivity (Wildman–Crippen MR) is 73.6 cm³/mol. The van der Waals surface area contributed by atoms with Crippen molar-refractivity contribution in [1.82, 2.24) is 4.90 Å². The van der Waals surface area contributed by atoms with Gasteiger partial charge in [-0.2, -0.15) is 0 Å². The zero-order valence-corrected chi connectivity index (χ0v) is 12.2. The van der Waals surface area contributed by atoms with Gasteiger partial charge in [-0.25, -0.2) is 0 Å². The molecule has 0 aromatic rings. The number of hydrogen-bond donors (Lipinski definition) is 1. The first-order valence-corrected chi connectivity index (χ1v) is 7.52. The zero-order valence-electron chi connectivity index (χ0n) is 12.2. The van der Waals surface area contributed by atoms with Crippen molar-refractivity contribution in [3.05, 3.63) is 12.2 Å². The Balaban J connectivity index is 1.72. The number of aliphatic hydroxyl groups is 1. The van der Waals surface area contributed by atoms with Crippen LogP contribution in [0.3, 0.4) is 0 Å². The topological polar surface area (TPSA) is 76.1 Å². The molecule has 21 heavy (non-hydrogen) atoms. The largest absolute Gasteiger partial charge is 0.383 e. The van der Waals surface area contributed by atoms with Crippen molar-refractivity contribution in [1.29, 1.82) is 0 Å². The normalized spacial score (nSPS) is 36.9. The SMILES string of the molecule is C[C@H](O[C@@H]1[C@@H]2OCC[C@@]1(O)C=CC2=O)C(=O)N1CCCC1. The van der Waals surface area contributed by atoms with Gasteiger partial charge in [0, 0.05) is 19.5 Å². The Bertz CT molecular complexity index is 471. The Morgan fingerprint density at radius 2 is 2.24 bits per heavy atom. The van der Waals surface area contributed by atoms with E-state index in [9.17, 15) is 14.7 Å². The molecule has 6 nitrogen and oxygen atoms in total. The number of fused-ring (bicyclic) bond motifs is 2. The molecule has 0 aromatic heterocycles. The summed E-state index contributed by atoms with van der Waals surface area (Å²) < 4.78 is 11.2. The second kappa shape index (κ2) is 5.51. The van der Waals surface area contributed by atoms with Crippen LogP contribution in [0.5, 0.6) is 0 Å². The van der Waals surface area contributed by atoms with E-state index in [1.165, 1.54) is 12.2 Å². The van der Waals surface area contributed by atoms with E-state index in [4.69, 9.17) is 9.47 Å². The van der Waals surface area contributed by atoms with Crippen molar-refractivity contribution in [2.75, 3.05) is 19.7 Å². The summed E-state index contributed by atoms with van der Waals surface area (Å²) in [5, 5.41) is 10.6. The van der Waals surface area contributed by atoms with Crippen LogP contribution in [0.25, 0.3) is 0 Å². The number of carbonyl (C=O) groups is 2. The standard InChI is InChI=1S/C15H21NO5/c1-10(14(18)16-7-2-3-8-16)21-13-12-11(17)4-5-15(13,19)6-9-20-12/h4-5,10,12-13,19H,2-3,6-9H2,1H3/t10-,12+,13+,15-/m0/s1. The van der Waals surface area contributed by atoms with E-state index >= 15 is 0 Å². The highest BCUT2D eigenvalue weighted by molar-refractivity contribution is 5.95. The van der Waals surface area contributed by atoms with Crippen LogP contribution in [0.1, 0.15) is 26.2 Å². The van der Waals surface area contributed by atoms with Crippen LogP contribution in [-0.4, -0.2) is 65.3 Å². The van der Waals surface area contributed by atoms with Crippen LogP contribution in [0.15, 0.2) is 12.2 Å². The van der Waals surface area contributed by atoms with E-state index in [0.29, 0.717) is 13.0 Å². The molecule has 0 saturated carbocycles. The molecule has 0 unspecified atom stereocenters. The molecule has 0 radical (unpaired) electrons. The maximum atomic E-state index is 12.3. The highest BCUT2D eigenvalue weighted by Crippen LogP contribution is 2.34. The first-order chi connectivity index (χ1) is 10.0. The number of rotatable bonds is 3. The lowest BCUT2D eigenvalue weighted by Crippen LogP contribution is -2.61. The zero-order chi connectivity index (χ0) is 15.0. The molecule has 0 spiro atoms. The molecule has 2 aliphatic heterocycles. The molecule has 2 heterocycles. The summed E-state index contributed by atoms with van der Waals surface area (Å²) in [6.45, 7) is 3.48. The number of ketones is 1. The fourth-order valence-corrected chi connectivity index (χ4v) is 3.23. The van der Waals surface area contributed by atoms with Crippen molar-refractivity contribution < 1.29 is 24.2 Å². The Labute approximate surface area is 123 Å². The van der Waals surface area contributed by atoms with Gasteiger partial charge in [-0.15, -0.1) is 0 Å². The van der Waals surface area contributed by atoms with Gasteiger partial charge in [-0.05, 0) is 31.9 Å². The Morgan fingerprint density at radius 1 is 1.52 bits per heavy atom. The van der Waals surface area contributed by atoms with E-state index < -0.39 is 23.9 Å². The molecule has 1 aliphatic carbocycles.